The largest absolute Gasteiger partial charge is 0.497 e. The van der Waals surface area contributed by atoms with Crippen molar-refractivity contribution in [1.82, 2.24) is 9.78 Å². The van der Waals surface area contributed by atoms with Crippen molar-refractivity contribution in [2.75, 3.05) is 17.7 Å². The van der Waals surface area contributed by atoms with E-state index in [2.05, 4.69) is 15.7 Å². The molecule has 0 unspecified atom stereocenters. The maximum atomic E-state index is 13.9. The van der Waals surface area contributed by atoms with Crippen molar-refractivity contribution in [1.29, 1.82) is 0 Å². The van der Waals surface area contributed by atoms with Crippen molar-refractivity contribution in [2.45, 2.75) is 30.9 Å². The number of anilines is 2. The number of amides is 1. The molecule has 0 saturated heterocycles. The van der Waals surface area contributed by atoms with E-state index in [-0.39, 0.29) is 16.5 Å². The van der Waals surface area contributed by atoms with Crippen molar-refractivity contribution < 1.29 is 35.9 Å². The Morgan fingerprint density at radius 2 is 1.80 bits per heavy atom. The molecule has 0 saturated carbocycles. The number of nitrogens with one attached hydrogen (secondary N) is 2. The minimum Gasteiger partial charge on any atom is -0.497 e. The molecule has 2 atom stereocenters. The number of hydrogen-bond donors (Lipinski definition) is 2. The molecule has 3 aromatic rings. The quantitative estimate of drug-likeness (QED) is 0.388. The van der Waals surface area contributed by atoms with Crippen molar-refractivity contribution in [2.24, 2.45) is 0 Å². The fourth-order valence-electron chi connectivity index (χ4n) is 3.72. The number of nitrogens with zero attached hydrogens (tertiary/aromatic N) is 2. The molecule has 0 spiro atoms. The topological polar surface area (TPSA) is 68.2 Å². The van der Waals surface area contributed by atoms with Gasteiger partial charge in [0.2, 0.25) is 0 Å². The molecule has 2 N–H and O–H groups in total. The summed E-state index contributed by atoms with van der Waals surface area (Å²) in [5, 5.41) is 8.73. The second kappa shape index (κ2) is 8.99. The van der Waals surface area contributed by atoms with Gasteiger partial charge < -0.3 is 15.4 Å². The second-order valence-electron chi connectivity index (χ2n) is 7.77. The second-order valence-corrected chi connectivity index (χ2v) is 8.18. The van der Waals surface area contributed by atoms with E-state index < -0.39 is 48.0 Å². The molecule has 13 heteroatoms. The van der Waals surface area contributed by atoms with Crippen LogP contribution in [-0.2, 0) is 6.18 Å². The van der Waals surface area contributed by atoms with E-state index >= 15 is 0 Å². The van der Waals surface area contributed by atoms with Gasteiger partial charge in [-0.1, -0.05) is 23.7 Å². The fourth-order valence-corrected chi connectivity index (χ4v) is 3.89. The molecule has 0 fully saturated rings. The van der Waals surface area contributed by atoms with Crippen LogP contribution in [0.3, 0.4) is 0 Å². The Balaban J connectivity index is 1.63. The predicted molar refractivity (Wildman–Crippen MR) is 116 cm³/mol. The zero-order valence-electron chi connectivity index (χ0n) is 17.8. The van der Waals surface area contributed by atoms with Gasteiger partial charge in [-0.15, -0.1) is 0 Å². The number of benzene rings is 2. The van der Waals surface area contributed by atoms with Gasteiger partial charge in [-0.05, 0) is 35.9 Å². The molecule has 6 nitrogen and oxygen atoms in total. The van der Waals surface area contributed by atoms with Gasteiger partial charge in [0.05, 0.1) is 29.4 Å². The van der Waals surface area contributed by atoms with E-state index in [4.69, 9.17) is 16.3 Å². The number of methoxy groups -OCH3 is 1. The van der Waals surface area contributed by atoms with Gasteiger partial charge in [-0.2, -0.15) is 31.4 Å². The maximum absolute atomic E-state index is 13.9. The minimum absolute atomic E-state index is 0.0697. The first-order chi connectivity index (χ1) is 16.4. The smallest absolute Gasteiger partial charge is 0.416 e. The summed E-state index contributed by atoms with van der Waals surface area (Å²) < 4.78 is 86.3. The molecular formula is C22H17ClF6N4O2. The van der Waals surface area contributed by atoms with E-state index in [1.807, 2.05) is 0 Å². The molecule has 0 bridgehead atoms. The standard InChI is InChI=1S/C22H17ClF6N4O2/c1-35-13-5-2-11(3-6-13)15-9-18(22(27,28)29)33-19(30-15)10-17(32-33)20(34)31-16-8-12(21(24,25)26)4-7-14(16)23/h2-8,10,15,18,30H,9H2,1H3,(H,31,34)/t15-,18+/m0/s1. The number of ether oxygens (including phenoxy) is 1. The zero-order valence-corrected chi connectivity index (χ0v) is 18.6. The van der Waals surface area contributed by atoms with Crippen LogP contribution in [0.5, 0.6) is 5.75 Å². The summed E-state index contributed by atoms with van der Waals surface area (Å²) in [5.41, 5.74) is -1.27. The fraction of sp³-hybridized carbons (Fsp3) is 0.273. The third-order valence-electron chi connectivity index (χ3n) is 5.48. The third-order valence-corrected chi connectivity index (χ3v) is 5.81. The lowest BCUT2D eigenvalue weighted by molar-refractivity contribution is -0.173. The van der Waals surface area contributed by atoms with E-state index in [9.17, 15) is 31.1 Å². The van der Waals surface area contributed by atoms with Crippen molar-refractivity contribution in [3.8, 4) is 5.75 Å². The highest BCUT2D eigenvalue weighted by molar-refractivity contribution is 6.33. The monoisotopic (exact) mass is 518 g/mol. The van der Waals surface area contributed by atoms with E-state index in [0.717, 1.165) is 18.2 Å². The molecule has 0 radical (unpaired) electrons. The molecular weight excluding hydrogens is 502 g/mol. The number of halogens is 7. The van der Waals surface area contributed by atoms with Gasteiger partial charge in [0.25, 0.3) is 5.91 Å². The van der Waals surface area contributed by atoms with Crippen molar-refractivity contribution >= 4 is 29.0 Å². The van der Waals surface area contributed by atoms with Crippen LogP contribution in [-0.4, -0.2) is 29.0 Å². The van der Waals surface area contributed by atoms with Crippen LogP contribution in [0.15, 0.2) is 48.5 Å². The van der Waals surface area contributed by atoms with Gasteiger partial charge in [0.1, 0.15) is 11.6 Å². The first kappa shape index (κ1) is 24.7. The number of hydrogen-bond acceptors (Lipinski definition) is 4. The number of alkyl halides is 6. The van der Waals surface area contributed by atoms with E-state index in [1.54, 1.807) is 24.3 Å². The van der Waals surface area contributed by atoms with Gasteiger partial charge in [0, 0.05) is 12.5 Å². The molecule has 0 aliphatic carbocycles. The average molecular weight is 519 g/mol. The lowest BCUT2D eigenvalue weighted by Gasteiger charge is -2.33. The summed E-state index contributed by atoms with van der Waals surface area (Å²) in [6, 6.07) is 7.13. The molecule has 2 aromatic carbocycles. The molecule has 186 valence electrons. The molecule has 1 amide bonds. The van der Waals surface area contributed by atoms with E-state index in [0.29, 0.717) is 22.1 Å². The Kier molecular flexibility index (Phi) is 6.34. The van der Waals surface area contributed by atoms with Gasteiger partial charge in [-0.3, -0.25) is 4.79 Å². The van der Waals surface area contributed by atoms with Crippen molar-refractivity contribution in [3.63, 3.8) is 0 Å². The van der Waals surface area contributed by atoms with Gasteiger partial charge in [-0.25, -0.2) is 4.68 Å². The first-order valence-corrected chi connectivity index (χ1v) is 10.5. The van der Waals surface area contributed by atoms with Crippen LogP contribution in [0.1, 0.15) is 40.1 Å². The van der Waals surface area contributed by atoms with Crippen LogP contribution in [0, 0.1) is 0 Å². The Bertz CT molecular complexity index is 1240. The number of rotatable bonds is 4. The lowest BCUT2D eigenvalue weighted by Crippen LogP contribution is -2.35. The summed E-state index contributed by atoms with van der Waals surface area (Å²) in [6.07, 6.45) is -9.76. The summed E-state index contributed by atoms with van der Waals surface area (Å²) >= 11 is 5.89. The summed E-state index contributed by atoms with van der Waals surface area (Å²) in [7, 11) is 1.46. The van der Waals surface area contributed by atoms with Crippen LogP contribution in [0.4, 0.5) is 37.8 Å². The Morgan fingerprint density at radius 3 is 2.40 bits per heavy atom. The maximum Gasteiger partial charge on any atom is 0.416 e. The van der Waals surface area contributed by atoms with Gasteiger partial charge in [0.15, 0.2) is 11.7 Å². The summed E-state index contributed by atoms with van der Waals surface area (Å²) in [6.45, 7) is 0. The number of carbonyl (C=O) groups is 1. The Hall–Kier alpha value is -3.41. The lowest BCUT2D eigenvalue weighted by atomic mass is 9.97. The predicted octanol–water partition coefficient (Wildman–Crippen LogP) is 6.48. The molecule has 1 aliphatic rings. The minimum atomic E-state index is -4.68. The SMILES string of the molecule is COc1ccc([C@@H]2C[C@H](C(F)(F)F)n3nc(C(=O)Nc4cc(C(F)(F)F)ccc4Cl)cc3N2)cc1. The van der Waals surface area contributed by atoms with Crippen LogP contribution in [0.25, 0.3) is 0 Å². The molecule has 1 aliphatic heterocycles. The van der Waals surface area contributed by atoms with Gasteiger partial charge >= 0.3 is 12.4 Å². The summed E-state index contributed by atoms with van der Waals surface area (Å²) in [4.78, 5) is 12.7. The summed E-state index contributed by atoms with van der Waals surface area (Å²) in [5.74, 6) is -0.550. The number of aromatic nitrogens is 2. The average Bonchev–Trinajstić information content (AvgIpc) is 3.23. The number of carbonyl (C=O) groups excluding carboxylic acids is 1. The Morgan fingerprint density at radius 1 is 1.11 bits per heavy atom. The van der Waals surface area contributed by atoms with Crippen LogP contribution in [0.2, 0.25) is 5.02 Å². The van der Waals surface area contributed by atoms with Crippen LogP contribution >= 0.6 is 11.6 Å². The Labute approximate surface area is 199 Å². The number of fused-ring (bicyclic) bond motifs is 1. The zero-order chi connectivity index (χ0) is 25.5. The highest BCUT2D eigenvalue weighted by Crippen LogP contribution is 2.44. The first-order valence-electron chi connectivity index (χ1n) is 10.1. The molecule has 4 rings (SSSR count). The molecule has 1 aromatic heterocycles. The highest BCUT2D eigenvalue weighted by Gasteiger charge is 2.47. The third kappa shape index (κ3) is 5.16. The van der Waals surface area contributed by atoms with Crippen molar-refractivity contribution in [3.05, 3.63) is 70.4 Å². The molecule has 2 heterocycles. The molecule has 35 heavy (non-hydrogen) atoms. The normalized spacial score (nSPS) is 17.9. The highest BCUT2D eigenvalue weighted by atomic mass is 35.5. The van der Waals surface area contributed by atoms with Crippen LogP contribution < -0.4 is 15.4 Å². The van der Waals surface area contributed by atoms with E-state index in [1.165, 1.54) is 7.11 Å².